The monoisotopic (exact) mass is 446 g/mol. The summed E-state index contributed by atoms with van der Waals surface area (Å²) in [6.45, 7) is 4.60. The van der Waals surface area contributed by atoms with Gasteiger partial charge in [-0.1, -0.05) is 23.7 Å². The Morgan fingerprint density at radius 2 is 2.10 bits per heavy atom. The summed E-state index contributed by atoms with van der Waals surface area (Å²) < 4.78 is 12.5. The van der Waals surface area contributed by atoms with Gasteiger partial charge in [0, 0.05) is 42.9 Å². The minimum atomic E-state index is 0.212. The molecule has 2 saturated heterocycles. The molecule has 1 atom stereocenters. The van der Waals surface area contributed by atoms with Crippen LogP contribution in [0, 0.1) is 5.92 Å². The second-order valence-electron chi connectivity index (χ2n) is 8.35. The number of aromatic nitrogens is 3. The first-order chi connectivity index (χ1) is 14.7. The van der Waals surface area contributed by atoms with Gasteiger partial charge in [-0.2, -0.15) is 4.37 Å². The molecule has 160 valence electrons. The number of nitrogens with zero attached hydrogens (tertiary/aromatic N) is 4. The number of benzene rings is 1. The molecular formula is C22H27ClN4O2S. The number of halogens is 1. The topological polar surface area (TPSA) is 63.4 Å². The highest BCUT2D eigenvalue weighted by Gasteiger charge is 2.25. The van der Waals surface area contributed by atoms with Gasteiger partial charge in [0.15, 0.2) is 5.82 Å². The van der Waals surface area contributed by atoms with Crippen LogP contribution < -0.4 is 0 Å². The van der Waals surface area contributed by atoms with E-state index in [1.165, 1.54) is 11.5 Å². The van der Waals surface area contributed by atoms with E-state index in [4.69, 9.17) is 21.3 Å². The Bertz CT molecular complexity index is 1010. The van der Waals surface area contributed by atoms with Gasteiger partial charge in [0.2, 0.25) is 0 Å². The fraction of sp³-hybridized carbons (Fsp3) is 0.545. The van der Waals surface area contributed by atoms with Crippen LogP contribution in [0.15, 0.2) is 24.4 Å². The molecular weight excluding hydrogens is 420 g/mol. The molecule has 2 aliphatic rings. The van der Waals surface area contributed by atoms with Gasteiger partial charge in [-0.05, 0) is 55.7 Å². The van der Waals surface area contributed by atoms with Crippen LogP contribution in [0.2, 0.25) is 5.02 Å². The zero-order valence-electron chi connectivity index (χ0n) is 17.0. The summed E-state index contributed by atoms with van der Waals surface area (Å²) in [4.78, 5) is 7.18. The molecule has 30 heavy (non-hydrogen) atoms. The highest BCUT2D eigenvalue weighted by Crippen LogP contribution is 2.35. The summed E-state index contributed by atoms with van der Waals surface area (Å²) in [6, 6.07) is 6.31. The fourth-order valence-electron chi connectivity index (χ4n) is 4.76. The van der Waals surface area contributed by atoms with E-state index in [9.17, 15) is 5.11 Å². The van der Waals surface area contributed by atoms with Crippen molar-refractivity contribution in [1.29, 1.82) is 0 Å². The summed E-state index contributed by atoms with van der Waals surface area (Å²) in [5, 5.41) is 12.5. The van der Waals surface area contributed by atoms with Gasteiger partial charge in [0.25, 0.3) is 0 Å². The van der Waals surface area contributed by atoms with Crippen molar-refractivity contribution in [2.75, 3.05) is 26.4 Å². The van der Waals surface area contributed by atoms with E-state index in [0.29, 0.717) is 5.92 Å². The standard InChI is InChI=1S/C22H27ClN4O2S/c23-19-5-1-4-17-18(12-27(21(17)19)11-15-6-9-29-10-7-15)22-24-20(30-25-22)13-26-8-2-3-16(26)14-28/h1,4-5,12,15-16,28H,2-3,6-11,13-14H2/t16-/m1/s1. The van der Waals surface area contributed by atoms with Gasteiger partial charge in [-0.15, -0.1) is 0 Å². The van der Waals surface area contributed by atoms with E-state index >= 15 is 0 Å². The SMILES string of the molecule is OC[C@H]1CCCN1Cc1nc(-c2cn(CC3CCOCC3)c3c(Cl)cccc23)ns1. The van der Waals surface area contributed by atoms with Crippen LogP contribution in [0.25, 0.3) is 22.3 Å². The maximum atomic E-state index is 9.58. The molecule has 2 aromatic heterocycles. The average Bonchev–Trinajstić information content (AvgIpc) is 3.48. The first kappa shape index (κ1) is 20.4. The number of likely N-dealkylation sites (tertiary alicyclic amines) is 1. The molecule has 0 radical (unpaired) electrons. The predicted molar refractivity (Wildman–Crippen MR) is 120 cm³/mol. The van der Waals surface area contributed by atoms with Crippen molar-refractivity contribution >= 4 is 34.0 Å². The molecule has 6 nitrogen and oxygen atoms in total. The number of para-hydroxylation sites is 1. The summed E-state index contributed by atoms with van der Waals surface area (Å²) in [5.41, 5.74) is 2.11. The third-order valence-corrected chi connectivity index (χ3v) is 7.40. The molecule has 0 aliphatic carbocycles. The highest BCUT2D eigenvalue weighted by atomic mass is 35.5. The second-order valence-corrected chi connectivity index (χ2v) is 9.59. The lowest BCUT2D eigenvalue weighted by molar-refractivity contribution is 0.0616. The maximum absolute atomic E-state index is 9.58. The van der Waals surface area contributed by atoms with E-state index < -0.39 is 0 Å². The maximum Gasteiger partial charge on any atom is 0.175 e. The van der Waals surface area contributed by atoms with Crippen LogP contribution in [0.4, 0.5) is 0 Å². The predicted octanol–water partition coefficient (Wildman–Crippen LogP) is 4.20. The molecule has 1 N–H and O–H groups in total. The third-order valence-electron chi connectivity index (χ3n) is 6.40. The Kier molecular flexibility index (Phi) is 6.07. The Labute approximate surface area is 185 Å². The lowest BCUT2D eigenvalue weighted by Gasteiger charge is -2.23. The third kappa shape index (κ3) is 4.01. The van der Waals surface area contributed by atoms with Gasteiger partial charge in [-0.25, -0.2) is 4.98 Å². The van der Waals surface area contributed by atoms with Gasteiger partial charge < -0.3 is 14.4 Å². The Morgan fingerprint density at radius 1 is 1.23 bits per heavy atom. The van der Waals surface area contributed by atoms with Crippen molar-refractivity contribution in [2.45, 2.75) is 44.8 Å². The summed E-state index contributed by atoms with van der Waals surface area (Å²) in [5.74, 6) is 1.37. The lowest BCUT2D eigenvalue weighted by atomic mass is 10.0. The molecule has 5 rings (SSSR count). The first-order valence-corrected chi connectivity index (χ1v) is 11.9. The first-order valence-electron chi connectivity index (χ1n) is 10.8. The fourth-order valence-corrected chi connectivity index (χ4v) is 5.72. The van der Waals surface area contributed by atoms with Gasteiger partial charge >= 0.3 is 0 Å². The Morgan fingerprint density at radius 3 is 2.93 bits per heavy atom. The molecule has 0 unspecified atom stereocenters. The minimum absolute atomic E-state index is 0.212. The van der Waals surface area contributed by atoms with E-state index in [0.717, 1.165) is 90.9 Å². The van der Waals surface area contributed by atoms with E-state index in [2.05, 4.69) is 26.1 Å². The Balaban J connectivity index is 1.44. The zero-order valence-corrected chi connectivity index (χ0v) is 18.5. The van der Waals surface area contributed by atoms with Gasteiger partial charge in [0.1, 0.15) is 5.01 Å². The van der Waals surface area contributed by atoms with Gasteiger partial charge in [0.05, 0.1) is 23.7 Å². The van der Waals surface area contributed by atoms with Crippen molar-refractivity contribution in [3.05, 3.63) is 34.4 Å². The van der Waals surface area contributed by atoms with Crippen molar-refractivity contribution in [2.24, 2.45) is 5.92 Å². The van der Waals surface area contributed by atoms with Crippen molar-refractivity contribution < 1.29 is 9.84 Å². The summed E-state index contributed by atoms with van der Waals surface area (Å²) in [7, 11) is 0. The smallest absolute Gasteiger partial charge is 0.175 e. The molecule has 2 aliphatic heterocycles. The van der Waals surface area contributed by atoms with E-state index in [1.807, 2.05) is 12.1 Å². The number of rotatable bonds is 6. The number of hydrogen-bond donors (Lipinski definition) is 1. The van der Waals surface area contributed by atoms with Crippen molar-refractivity contribution in [3.8, 4) is 11.4 Å². The van der Waals surface area contributed by atoms with E-state index in [1.54, 1.807) is 0 Å². The molecule has 2 fully saturated rings. The van der Waals surface area contributed by atoms with Crippen molar-refractivity contribution in [3.63, 3.8) is 0 Å². The summed E-state index contributed by atoms with van der Waals surface area (Å²) in [6.07, 6.45) is 6.53. The second kappa shape index (κ2) is 8.93. The van der Waals surface area contributed by atoms with Crippen LogP contribution in [0.3, 0.4) is 0 Å². The largest absolute Gasteiger partial charge is 0.395 e. The van der Waals surface area contributed by atoms with Crippen molar-refractivity contribution in [1.82, 2.24) is 18.8 Å². The molecule has 1 aromatic carbocycles. The average molecular weight is 447 g/mol. The van der Waals surface area contributed by atoms with Crippen LogP contribution >= 0.6 is 23.1 Å². The summed E-state index contributed by atoms with van der Waals surface area (Å²) >= 11 is 8.08. The molecule has 0 amide bonds. The number of aliphatic hydroxyl groups excluding tert-OH is 1. The molecule has 4 heterocycles. The van der Waals surface area contributed by atoms with Crippen LogP contribution in [0.1, 0.15) is 30.7 Å². The van der Waals surface area contributed by atoms with Gasteiger partial charge in [-0.3, -0.25) is 4.90 Å². The zero-order chi connectivity index (χ0) is 20.5. The molecule has 3 aromatic rings. The Hall–Kier alpha value is -1.51. The molecule has 0 bridgehead atoms. The highest BCUT2D eigenvalue weighted by molar-refractivity contribution is 7.05. The lowest BCUT2D eigenvalue weighted by Crippen LogP contribution is -2.31. The quantitative estimate of drug-likeness (QED) is 0.614. The number of fused-ring (bicyclic) bond motifs is 1. The van der Waals surface area contributed by atoms with Crippen LogP contribution in [0.5, 0.6) is 0 Å². The number of aliphatic hydroxyl groups is 1. The number of hydrogen-bond acceptors (Lipinski definition) is 6. The number of ether oxygens (including phenoxy) is 1. The molecule has 8 heteroatoms. The minimum Gasteiger partial charge on any atom is -0.395 e. The van der Waals surface area contributed by atoms with E-state index in [-0.39, 0.29) is 12.6 Å². The van der Waals surface area contributed by atoms with Crippen LogP contribution in [-0.4, -0.2) is 56.3 Å². The normalized spacial score (nSPS) is 21.1. The molecule has 0 spiro atoms. The molecule has 0 saturated carbocycles. The van der Waals surface area contributed by atoms with Crippen LogP contribution in [-0.2, 0) is 17.8 Å².